The molecule has 1 heterocycles. The second-order valence-electron chi connectivity index (χ2n) is 8.08. The largest absolute Gasteiger partial charge is 0.507 e. The zero-order chi connectivity index (χ0) is 25.1. The molecule has 0 aromatic heterocycles. The summed E-state index contributed by atoms with van der Waals surface area (Å²) in [7, 11) is 1.53. The summed E-state index contributed by atoms with van der Waals surface area (Å²) in [6, 6.07) is 19.6. The minimum absolute atomic E-state index is 0.0278. The number of amides is 1. The molecule has 3 aromatic carbocycles. The highest BCUT2D eigenvalue weighted by Crippen LogP contribution is 2.42. The van der Waals surface area contributed by atoms with Crippen LogP contribution in [0.3, 0.4) is 0 Å². The highest BCUT2D eigenvalue weighted by atomic mass is 16.5. The van der Waals surface area contributed by atoms with Gasteiger partial charge in [-0.05, 0) is 66.1 Å². The summed E-state index contributed by atoms with van der Waals surface area (Å²) in [5, 5.41) is 11.2. The lowest BCUT2D eigenvalue weighted by molar-refractivity contribution is -0.132. The number of aliphatic hydroxyl groups excluding tert-OH is 1. The Kier molecular flexibility index (Phi) is 6.68. The van der Waals surface area contributed by atoms with Gasteiger partial charge in [0.2, 0.25) is 0 Å². The molecule has 0 aliphatic carbocycles. The van der Waals surface area contributed by atoms with E-state index in [4.69, 9.17) is 9.47 Å². The summed E-state index contributed by atoms with van der Waals surface area (Å²) in [5.41, 5.74) is 2.55. The first kappa shape index (κ1) is 23.8. The number of anilines is 1. The Labute approximate surface area is 203 Å². The van der Waals surface area contributed by atoms with Crippen molar-refractivity contribution < 1.29 is 29.0 Å². The molecule has 1 atom stereocenters. The lowest BCUT2D eigenvalue weighted by atomic mass is 9.95. The Balaban J connectivity index is 1.86. The highest BCUT2D eigenvalue weighted by molar-refractivity contribution is 6.51. The normalized spacial score (nSPS) is 16.9. The average molecular weight is 472 g/mol. The molecule has 0 radical (unpaired) electrons. The minimum atomic E-state index is -0.879. The van der Waals surface area contributed by atoms with E-state index in [1.807, 2.05) is 19.1 Å². The summed E-state index contributed by atoms with van der Waals surface area (Å²) < 4.78 is 10.3. The number of nitrogens with zero attached hydrogens (tertiary/aromatic N) is 1. The first-order chi connectivity index (χ1) is 16.8. The van der Waals surface area contributed by atoms with Crippen LogP contribution in [0.4, 0.5) is 5.69 Å². The molecule has 0 spiro atoms. The van der Waals surface area contributed by atoms with Gasteiger partial charge in [-0.2, -0.15) is 0 Å². The molecule has 1 aliphatic heterocycles. The number of ketones is 1. The fourth-order valence-corrected chi connectivity index (χ4v) is 4.10. The highest BCUT2D eigenvalue weighted by Gasteiger charge is 2.47. The van der Waals surface area contributed by atoms with Crippen LogP contribution in [-0.2, 0) is 20.8 Å². The number of benzene rings is 3. The lowest BCUT2D eigenvalue weighted by Gasteiger charge is -2.25. The van der Waals surface area contributed by atoms with Crippen molar-refractivity contribution in [3.8, 4) is 11.5 Å². The van der Waals surface area contributed by atoms with Crippen molar-refractivity contribution in [3.63, 3.8) is 0 Å². The minimum Gasteiger partial charge on any atom is -0.507 e. The maximum Gasteiger partial charge on any atom is 0.308 e. The lowest BCUT2D eigenvalue weighted by Crippen LogP contribution is -2.29. The molecule has 1 amide bonds. The number of rotatable bonds is 6. The Morgan fingerprint density at radius 2 is 1.51 bits per heavy atom. The number of aryl methyl sites for hydroxylation is 1. The van der Waals surface area contributed by atoms with Crippen LogP contribution in [0.5, 0.6) is 11.5 Å². The Hall–Kier alpha value is -4.39. The Morgan fingerprint density at radius 1 is 0.914 bits per heavy atom. The molecule has 35 heavy (non-hydrogen) atoms. The van der Waals surface area contributed by atoms with Gasteiger partial charge in [-0.1, -0.05) is 31.2 Å². The third-order valence-electron chi connectivity index (χ3n) is 5.89. The van der Waals surface area contributed by atoms with Crippen LogP contribution in [0, 0.1) is 0 Å². The van der Waals surface area contributed by atoms with E-state index in [0.717, 1.165) is 12.0 Å². The predicted octanol–water partition coefficient (Wildman–Crippen LogP) is 4.81. The SMILES string of the molecule is CCc1ccc(N2C(=O)C(=O)/C(=C(/O)c3ccc(OC)cc3)C2c2ccc(OC(C)=O)cc2)cc1. The molecule has 7 heteroatoms. The molecular formula is C28H25NO6. The van der Waals surface area contributed by atoms with Gasteiger partial charge in [-0.25, -0.2) is 0 Å². The first-order valence-corrected chi connectivity index (χ1v) is 11.2. The molecular weight excluding hydrogens is 446 g/mol. The zero-order valence-corrected chi connectivity index (χ0v) is 19.6. The summed E-state index contributed by atoms with van der Waals surface area (Å²) in [4.78, 5) is 39.2. The predicted molar refractivity (Wildman–Crippen MR) is 131 cm³/mol. The molecule has 4 rings (SSSR count). The van der Waals surface area contributed by atoms with Crippen LogP contribution in [0.15, 0.2) is 78.4 Å². The summed E-state index contributed by atoms with van der Waals surface area (Å²) in [6.07, 6.45) is 0.831. The van der Waals surface area contributed by atoms with Gasteiger partial charge in [0.15, 0.2) is 0 Å². The Morgan fingerprint density at radius 3 is 2.06 bits per heavy atom. The van der Waals surface area contributed by atoms with E-state index in [1.165, 1.54) is 18.9 Å². The number of hydrogen-bond donors (Lipinski definition) is 1. The van der Waals surface area contributed by atoms with Gasteiger partial charge >= 0.3 is 5.97 Å². The van der Waals surface area contributed by atoms with Gasteiger partial charge in [0.05, 0.1) is 18.7 Å². The quantitative estimate of drug-likeness (QED) is 0.182. The topological polar surface area (TPSA) is 93.1 Å². The fraction of sp³-hybridized carbons (Fsp3) is 0.179. The summed E-state index contributed by atoms with van der Waals surface area (Å²) >= 11 is 0. The van der Waals surface area contributed by atoms with Gasteiger partial charge < -0.3 is 14.6 Å². The smallest absolute Gasteiger partial charge is 0.308 e. The number of aliphatic hydroxyl groups is 1. The zero-order valence-electron chi connectivity index (χ0n) is 19.6. The van der Waals surface area contributed by atoms with Gasteiger partial charge in [0, 0.05) is 18.2 Å². The maximum atomic E-state index is 13.2. The van der Waals surface area contributed by atoms with E-state index in [-0.39, 0.29) is 11.3 Å². The van der Waals surface area contributed by atoms with Crippen molar-refractivity contribution in [2.24, 2.45) is 0 Å². The van der Waals surface area contributed by atoms with E-state index in [2.05, 4.69) is 0 Å². The van der Waals surface area contributed by atoms with Crippen molar-refractivity contribution >= 4 is 29.1 Å². The van der Waals surface area contributed by atoms with Crippen molar-refractivity contribution in [2.45, 2.75) is 26.3 Å². The van der Waals surface area contributed by atoms with Gasteiger partial charge in [-0.15, -0.1) is 0 Å². The Bertz CT molecular complexity index is 1290. The number of carbonyl (C=O) groups is 3. The van der Waals surface area contributed by atoms with Crippen molar-refractivity contribution in [3.05, 3.63) is 95.1 Å². The first-order valence-electron chi connectivity index (χ1n) is 11.2. The second-order valence-corrected chi connectivity index (χ2v) is 8.08. The molecule has 1 aliphatic rings. The van der Waals surface area contributed by atoms with E-state index in [1.54, 1.807) is 60.7 Å². The van der Waals surface area contributed by atoms with E-state index < -0.39 is 23.7 Å². The number of Topliss-reactive ketones (excluding diaryl/α,β-unsaturated/α-hetero) is 1. The van der Waals surface area contributed by atoms with Crippen molar-refractivity contribution in [2.75, 3.05) is 12.0 Å². The molecule has 178 valence electrons. The molecule has 1 saturated heterocycles. The molecule has 3 aromatic rings. The van der Waals surface area contributed by atoms with Crippen molar-refractivity contribution in [1.29, 1.82) is 0 Å². The monoisotopic (exact) mass is 471 g/mol. The van der Waals surface area contributed by atoms with Gasteiger partial charge in [-0.3, -0.25) is 19.3 Å². The van der Waals surface area contributed by atoms with Crippen molar-refractivity contribution in [1.82, 2.24) is 0 Å². The summed E-state index contributed by atoms with van der Waals surface area (Å²) in [6.45, 7) is 3.33. The molecule has 1 unspecified atom stereocenters. The van der Waals surface area contributed by atoms with Crippen LogP contribution < -0.4 is 14.4 Å². The number of esters is 1. The molecule has 0 bridgehead atoms. The molecule has 1 fully saturated rings. The number of ether oxygens (including phenoxy) is 2. The average Bonchev–Trinajstić information content (AvgIpc) is 3.14. The third-order valence-corrected chi connectivity index (χ3v) is 5.89. The number of hydrogen-bond acceptors (Lipinski definition) is 6. The van der Waals surface area contributed by atoms with Crippen LogP contribution in [0.25, 0.3) is 5.76 Å². The van der Waals surface area contributed by atoms with Crippen LogP contribution in [-0.4, -0.2) is 29.9 Å². The van der Waals surface area contributed by atoms with E-state index in [0.29, 0.717) is 28.3 Å². The maximum absolute atomic E-state index is 13.2. The van der Waals surface area contributed by atoms with E-state index in [9.17, 15) is 19.5 Å². The second kappa shape index (κ2) is 9.85. The fourth-order valence-electron chi connectivity index (χ4n) is 4.10. The van der Waals surface area contributed by atoms with Gasteiger partial charge in [0.1, 0.15) is 17.3 Å². The molecule has 1 N–H and O–H groups in total. The summed E-state index contributed by atoms with van der Waals surface area (Å²) in [5.74, 6) is -1.34. The number of methoxy groups -OCH3 is 1. The van der Waals surface area contributed by atoms with Crippen LogP contribution >= 0.6 is 0 Å². The van der Waals surface area contributed by atoms with Crippen LogP contribution in [0.2, 0.25) is 0 Å². The van der Waals surface area contributed by atoms with Gasteiger partial charge in [0.25, 0.3) is 11.7 Å². The standard InChI is InChI=1S/C28H25NO6/c1-4-18-5-11-21(12-6-18)29-25(19-7-15-23(16-8-19)35-17(2)30)24(27(32)28(29)33)26(31)20-9-13-22(34-3)14-10-20/h5-16,25,31H,4H2,1-3H3/b26-24+. The molecule has 0 saturated carbocycles. The molecule has 7 nitrogen and oxygen atoms in total. The number of carbonyl (C=O) groups excluding carboxylic acids is 3. The van der Waals surface area contributed by atoms with Crippen LogP contribution in [0.1, 0.15) is 36.6 Å². The third kappa shape index (κ3) is 4.66. The van der Waals surface area contributed by atoms with E-state index >= 15 is 0 Å².